The summed E-state index contributed by atoms with van der Waals surface area (Å²) in [6.07, 6.45) is 1.59. The van der Waals surface area contributed by atoms with Crippen molar-refractivity contribution in [3.63, 3.8) is 0 Å². The number of hydrogen-bond donors (Lipinski definition) is 2. The number of phenolic OH excluding ortho intramolecular Hbond substituents is 1. The van der Waals surface area contributed by atoms with Crippen molar-refractivity contribution in [2.24, 2.45) is 5.10 Å². The van der Waals surface area contributed by atoms with Crippen LogP contribution >= 0.6 is 11.6 Å². The number of ether oxygens (including phenoxy) is 1. The Bertz CT molecular complexity index is 1030. The molecule has 0 unspecified atom stereocenters. The van der Waals surface area contributed by atoms with Gasteiger partial charge in [0.05, 0.1) is 34.2 Å². The first-order valence-electron chi connectivity index (χ1n) is 8.42. The first-order chi connectivity index (χ1) is 13.3. The standard InChI is InChI=1S/C20H17ClN2O5/c1-3-28-17-9-12(8-16(21)18(17)24)7-15-11(2)22-23(19(15)25)14-6-4-5-13(10-14)20(26)27/h4-10,24H,3H2,1-2H3,(H,26,27)/b15-7-. The van der Waals surface area contributed by atoms with E-state index >= 15 is 0 Å². The highest BCUT2D eigenvalue weighted by molar-refractivity contribution is 6.33. The number of phenols is 1. The number of halogens is 1. The van der Waals surface area contributed by atoms with E-state index in [0.717, 1.165) is 5.01 Å². The number of benzene rings is 2. The Labute approximate surface area is 166 Å². The summed E-state index contributed by atoms with van der Waals surface area (Å²) in [4.78, 5) is 24.0. The molecule has 0 radical (unpaired) electrons. The summed E-state index contributed by atoms with van der Waals surface area (Å²) in [6.45, 7) is 3.80. The quantitative estimate of drug-likeness (QED) is 0.740. The van der Waals surface area contributed by atoms with E-state index < -0.39 is 11.9 Å². The molecule has 1 aliphatic heterocycles. The molecule has 1 aliphatic rings. The number of carbonyl (C=O) groups is 2. The zero-order valence-electron chi connectivity index (χ0n) is 15.1. The monoisotopic (exact) mass is 400 g/mol. The number of aromatic hydroxyl groups is 1. The molecule has 0 saturated carbocycles. The van der Waals surface area contributed by atoms with Crippen LogP contribution in [0, 0.1) is 0 Å². The summed E-state index contributed by atoms with van der Waals surface area (Å²) in [5.41, 5.74) is 1.76. The average Bonchev–Trinajstić information content (AvgIpc) is 2.94. The van der Waals surface area contributed by atoms with Gasteiger partial charge in [0, 0.05) is 0 Å². The SMILES string of the molecule is CCOc1cc(/C=C2\C(=O)N(c3cccc(C(=O)O)c3)N=C2C)cc(Cl)c1O. The van der Waals surface area contributed by atoms with Crippen LogP contribution in [0.25, 0.3) is 6.08 Å². The lowest BCUT2D eigenvalue weighted by atomic mass is 10.1. The molecule has 0 fully saturated rings. The molecule has 0 bridgehead atoms. The zero-order valence-corrected chi connectivity index (χ0v) is 15.9. The highest BCUT2D eigenvalue weighted by atomic mass is 35.5. The van der Waals surface area contributed by atoms with Crippen LogP contribution in [0.15, 0.2) is 47.1 Å². The van der Waals surface area contributed by atoms with Crippen LogP contribution in [0.4, 0.5) is 5.69 Å². The van der Waals surface area contributed by atoms with Crippen LogP contribution in [0.1, 0.15) is 29.8 Å². The fourth-order valence-corrected chi connectivity index (χ4v) is 2.96. The smallest absolute Gasteiger partial charge is 0.335 e. The lowest BCUT2D eigenvalue weighted by molar-refractivity contribution is -0.114. The van der Waals surface area contributed by atoms with Crippen LogP contribution in [0.3, 0.4) is 0 Å². The van der Waals surface area contributed by atoms with Crippen molar-refractivity contribution in [1.29, 1.82) is 0 Å². The number of carbonyl (C=O) groups excluding carboxylic acids is 1. The topological polar surface area (TPSA) is 99.4 Å². The fraction of sp³-hybridized carbons (Fsp3) is 0.150. The predicted molar refractivity (Wildman–Crippen MR) is 106 cm³/mol. The maximum absolute atomic E-state index is 12.8. The first-order valence-corrected chi connectivity index (χ1v) is 8.80. The molecule has 0 aromatic heterocycles. The van der Waals surface area contributed by atoms with Crippen molar-refractivity contribution in [2.75, 3.05) is 11.6 Å². The van der Waals surface area contributed by atoms with E-state index in [9.17, 15) is 14.7 Å². The van der Waals surface area contributed by atoms with Gasteiger partial charge in [-0.25, -0.2) is 4.79 Å². The van der Waals surface area contributed by atoms with Crippen LogP contribution < -0.4 is 9.75 Å². The molecular weight excluding hydrogens is 384 g/mol. The van der Waals surface area contributed by atoms with E-state index in [2.05, 4.69) is 5.10 Å². The molecule has 0 aliphatic carbocycles. The average molecular weight is 401 g/mol. The molecular formula is C20H17ClN2O5. The predicted octanol–water partition coefficient (Wildman–Crippen LogP) is 3.95. The van der Waals surface area contributed by atoms with Crippen LogP contribution in [0.5, 0.6) is 11.5 Å². The third-order valence-corrected chi connectivity index (χ3v) is 4.35. The third-order valence-electron chi connectivity index (χ3n) is 4.06. The van der Waals surface area contributed by atoms with Gasteiger partial charge in [-0.1, -0.05) is 17.7 Å². The molecule has 0 saturated heterocycles. The number of anilines is 1. The second-order valence-electron chi connectivity index (χ2n) is 6.00. The molecule has 144 valence electrons. The van der Waals surface area contributed by atoms with Gasteiger partial charge >= 0.3 is 5.97 Å². The summed E-state index contributed by atoms with van der Waals surface area (Å²) in [6, 6.07) is 9.06. The minimum absolute atomic E-state index is 0.0576. The Kier molecular flexibility index (Phi) is 5.37. The molecule has 0 atom stereocenters. The van der Waals surface area contributed by atoms with Gasteiger partial charge in [-0.15, -0.1) is 0 Å². The molecule has 3 rings (SSSR count). The maximum atomic E-state index is 12.8. The summed E-state index contributed by atoms with van der Waals surface area (Å²) in [7, 11) is 0. The number of hydrazone groups is 1. The molecule has 0 spiro atoms. The van der Waals surface area contributed by atoms with E-state index in [1.807, 2.05) is 0 Å². The highest BCUT2D eigenvalue weighted by Gasteiger charge is 2.29. The fourth-order valence-electron chi connectivity index (χ4n) is 2.74. The Morgan fingerprint density at radius 2 is 2.07 bits per heavy atom. The van der Waals surface area contributed by atoms with Gasteiger partial charge in [0.1, 0.15) is 0 Å². The molecule has 7 nitrogen and oxygen atoms in total. The number of amides is 1. The molecule has 28 heavy (non-hydrogen) atoms. The van der Waals surface area contributed by atoms with Gasteiger partial charge in [-0.05, 0) is 55.8 Å². The van der Waals surface area contributed by atoms with Gasteiger partial charge in [0.25, 0.3) is 5.91 Å². The molecule has 1 amide bonds. The third kappa shape index (κ3) is 3.70. The number of nitrogens with zero attached hydrogens (tertiary/aromatic N) is 2. The van der Waals surface area contributed by atoms with Gasteiger partial charge in [-0.3, -0.25) is 4.79 Å². The molecule has 2 N–H and O–H groups in total. The van der Waals surface area contributed by atoms with Gasteiger partial charge in [-0.2, -0.15) is 10.1 Å². The van der Waals surface area contributed by atoms with Gasteiger partial charge in [0.2, 0.25) is 0 Å². The first kappa shape index (κ1) is 19.4. The Morgan fingerprint density at radius 3 is 2.75 bits per heavy atom. The number of carboxylic acids is 1. The van der Waals surface area contributed by atoms with E-state index in [1.54, 1.807) is 38.1 Å². The number of carboxylic acid groups (broad SMARTS) is 1. The van der Waals surface area contributed by atoms with E-state index in [4.69, 9.17) is 21.4 Å². The Morgan fingerprint density at radius 1 is 1.32 bits per heavy atom. The summed E-state index contributed by atoms with van der Waals surface area (Å²) < 4.78 is 5.36. The number of aromatic carboxylic acids is 1. The number of hydrogen-bond acceptors (Lipinski definition) is 5. The molecule has 8 heteroatoms. The minimum atomic E-state index is -1.09. The van der Waals surface area contributed by atoms with Crippen molar-refractivity contribution < 1.29 is 24.5 Å². The minimum Gasteiger partial charge on any atom is -0.503 e. The van der Waals surface area contributed by atoms with Gasteiger partial charge in [0.15, 0.2) is 11.5 Å². The molecule has 2 aromatic carbocycles. The van der Waals surface area contributed by atoms with Crippen molar-refractivity contribution in [3.8, 4) is 11.5 Å². The van der Waals surface area contributed by atoms with E-state index in [0.29, 0.717) is 29.1 Å². The summed E-state index contributed by atoms with van der Waals surface area (Å²) in [5.74, 6) is -1.44. The maximum Gasteiger partial charge on any atom is 0.335 e. The lowest BCUT2D eigenvalue weighted by Crippen LogP contribution is -2.21. The summed E-state index contributed by atoms with van der Waals surface area (Å²) >= 11 is 6.04. The van der Waals surface area contributed by atoms with Gasteiger partial charge < -0.3 is 14.9 Å². The van der Waals surface area contributed by atoms with Crippen molar-refractivity contribution in [3.05, 3.63) is 58.1 Å². The Balaban J connectivity index is 1.97. The van der Waals surface area contributed by atoms with E-state index in [-0.39, 0.29) is 22.1 Å². The second-order valence-corrected chi connectivity index (χ2v) is 6.41. The van der Waals surface area contributed by atoms with Crippen LogP contribution in [-0.4, -0.2) is 34.4 Å². The number of rotatable bonds is 5. The van der Waals surface area contributed by atoms with Crippen molar-refractivity contribution in [1.82, 2.24) is 0 Å². The van der Waals surface area contributed by atoms with Crippen LogP contribution in [0.2, 0.25) is 5.02 Å². The zero-order chi connectivity index (χ0) is 20.4. The van der Waals surface area contributed by atoms with E-state index in [1.165, 1.54) is 18.2 Å². The van der Waals surface area contributed by atoms with Crippen LogP contribution in [-0.2, 0) is 4.79 Å². The normalized spacial score (nSPS) is 15.1. The largest absolute Gasteiger partial charge is 0.503 e. The Hall–Kier alpha value is -3.32. The van der Waals surface area contributed by atoms with Crippen molar-refractivity contribution in [2.45, 2.75) is 13.8 Å². The second kappa shape index (κ2) is 7.74. The molecule has 2 aromatic rings. The van der Waals surface area contributed by atoms with Crippen molar-refractivity contribution >= 4 is 41.0 Å². The highest BCUT2D eigenvalue weighted by Crippen LogP contribution is 2.36. The summed E-state index contributed by atoms with van der Waals surface area (Å²) in [5, 5.41) is 24.6. The lowest BCUT2D eigenvalue weighted by Gasteiger charge is -2.12. The molecule has 1 heterocycles.